The molecule has 0 amide bonds. The summed E-state index contributed by atoms with van der Waals surface area (Å²) < 4.78 is 70.5. The van der Waals surface area contributed by atoms with Gasteiger partial charge in [-0.1, -0.05) is 27.7 Å². The first-order valence-corrected chi connectivity index (χ1v) is 8.38. The van der Waals surface area contributed by atoms with E-state index < -0.39 is 26.5 Å². The maximum atomic E-state index is 11.9. The van der Waals surface area contributed by atoms with Gasteiger partial charge in [0.25, 0.3) is 0 Å². The normalized spacial score (nSPS) is 12.0. The highest BCUT2D eigenvalue weighted by atomic mass is 31.2. The van der Waals surface area contributed by atoms with E-state index in [1.165, 1.54) is 0 Å². The fourth-order valence-corrected chi connectivity index (χ4v) is 1.08. The van der Waals surface area contributed by atoms with Gasteiger partial charge in [0.2, 0.25) is 0 Å². The van der Waals surface area contributed by atoms with Crippen molar-refractivity contribution >= 4 is 7.82 Å². The molecular formula is C11H26F5N2O4P. The summed E-state index contributed by atoms with van der Waals surface area (Å²) in [7, 11) is -5.31. The van der Waals surface area contributed by atoms with Crippen LogP contribution in [0.1, 0.15) is 27.7 Å². The Balaban J connectivity index is -0.000000329. The van der Waals surface area contributed by atoms with E-state index in [1.807, 2.05) is 0 Å². The Hall–Kier alpha value is -0.320. The molecule has 23 heavy (non-hydrogen) atoms. The van der Waals surface area contributed by atoms with Gasteiger partial charge in [0.1, 0.15) is 6.61 Å². The van der Waals surface area contributed by atoms with Crippen molar-refractivity contribution in [1.82, 2.24) is 10.6 Å². The van der Waals surface area contributed by atoms with Crippen molar-refractivity contribution in [2.24, 2.45) is 0 Å². The number of halogens is 5. The predicted octanol–water partition coefficient (Wildman–Crippen LogP) is 2.52. The zero-order valence-electron chi connectivity index (χ0n) is 13.6. The van der Waals surface area contributed by atoms with Crippen molar-refractivity contribution in [3.63, 3.8) is 0 Å². The lowest BCUT2D eigenvalue weighted by atomic mass is 10.3. The Morgan fingerprint density at radius 3 is 1.30 bits per heavy atom. The summed E-state index contributed by atoms with van der Waals surface area (Å²) in [6.45, 7) is 10.4. The predicted molar refractivity (Wildman–Crippen MR) is 77.4 cm³/mol. The molecule has 0 bridgehead atoms. The fourth-order valence-electron chi connectivity index (χ4n) is 0.747. The zero-order valence-corrected chi connectivity index (χ0v) is 14.5. The van der Waals surface area contributed by atoms with Crippen molar-refractivity contribution in [1.29, 1.82) is 0 Å². The van der Waals surface area contributed by atoms with E-state index in [4.69, 9.17) is 9.79 Å². The van der Waals surface area contributed by atoms with Gasteiger partial charge in [0, 0.05) is 0 Å². The van der Waals surface area contributed by atoms with Gasteiger partial charge in [-0.25, -0.2) is 4.57 Å². The van der Waals surface area contributed by atoms with Crippen molar-refractivity contribution < 1.29 is 40.8 Å². The molecule has 4 N–H and O–H groups in total. The molecule has 0 aromatic carbocycles. The molecule has 0 heterocycles. The summed E-state index contributed by atoms with van der Waals surface area (Å²) in [5, 5.41) is 6.22. The van der Waals surface area contributed by atoms with Crippen LogP contribution in [-0.4, -0.2) is 54.7 Å². The number of alkyl halides is 5. The molecule has 0 atom stereocenters. The topological polar surface area (TPSA) is 90.8 Å². The molecule has 0 fully saturated rings. The second kappa shape index (κ2) is 14.1. The molecule has 0 aromatic rings. The van der Waals surface area contributed by atoms with Gasteiger partial charge in [-0.05, 0) is 26.2 Å². The first-order chi connectivity index (χ1) is 10.3. The third kappa shape index (κ3) is 21.7. The van der Waals surface area contributed by atoms with Crippen LogP contribution in [0.2, 0.25) is 0 Å². The van der Waals surface area contributed by atoms with E-state index in [0.717, 1.165) is 26.2 Å². The van der Waals surface area contributed by atoms with Crippen molar-refractivity contribution in [3.8, 4) is 0 Å². The van der Waals surface area contributed by atoms with Crippen LogP contribution in [0.15, 0.2) is 0 Å². The Morgan fingerprint density at radius 2 is 1.17 bits per heavy atom. The minimum Gasteiger partial charge on any atom is -0.317 e. The molecule has 0 aromatic heterocycles. The van der Waals surface area contributed by atoms with E-state index in [9.17, 15) is 26.5 Å². The van der Waals surface area contributed by atoms with Crippen molar-refractivity contribution in [2.45, 2.75) is 39.8 Å². The van der Waals surface area contributed by atoms with Crippen molar-refractivity contribution in [2.75, 3.05) is 32.8 Å². The van der Waals surface area contributed by atoms with Crippen LogP contribution in [0.25, 0.3) is 0 Å². The molecule has 0 saturated carbocycles. The smallest absolute Gasteiger partial charge is 0.317 e. The molecule has 0 rings (SSSR count). The maximum absolute atomic E-state index is 11.9. The maximum Gasteiger partial charge on any atom is 0.469 e. The van der Waals surface area contributed by atoms with Gasteiger partial charge in [0.15, 0.2) is 0 Å². The molecule has 0 aliphatic rings. The van der Waals surface area contributed by atoms with Gasteiger partial charge >= 0.3 is 19.9 Å². The lowest BCUT2D eigenvalue weighted by Gasteiger charge is -2.19. The standard InChI is InChI=1S/2C4H11N.C3H4F5O4P/c2*1-3-5-4-2;4-2(5,3(6,7)8)1-12-13(9,10)11/h2*5H,3-4H2,1-2H3;1H2,(H2,9,10,11). The molecule has 144 valence electrons. The molecule has 0 spiro atoms. The Morgan fingerprint density at radius 1 is 0.870 bits per heavy atom. The van der Waals surface area contributed by atoms with Gasteiger partial charge in [-0.2, -0.15) is 22.0 Å². The Kier molecular flexibility index (Phi) is 16.8. The number of rotatable bonds is 7. The molecule has 0 aliphatic carbocycles. The first kappa shape index (κ1) is 27.5. The Bertz CT molecular complexity index is 303. The lowest BCUT2D eigenvalue weighted by molar-refractivity contribution is -0.290. The highest BCUT2D eigenvalue weighted by molar-refractivity contribution is 7.46. The molecule has 0 aliphatic heterocycles. The van der Waals surface area contributed by atoms with Gasteiger partial charge in [-0.3, -0.25) is 4.52 Å². The average Bonchev–Trinajstić information content (AvgIpc) is 2.38. The summed E-state index contributed by atoms with van der Waals surface area (Å²) in [5.41, 5.74) is 0. The summed E-state index contributed by atoms with van der Waals surface area (Å²) in [4.78, 5) is 15.7. The van der Waals surface area contributed by atoms with Crippen LogP contribution in [0, 0.1) is 0 Å². The lowest BCUT2D eigenvalue weighted by Crippen LogP contribution is -2.40. The molecule has 6 nitrogen and oxygen atoms in total. The van der Waals surface area contributed by atoms with Crippen LogP contribution >= 0.6 is 7.82 Å². The van der Waals surface area contributed by atoms with E-state index in [1.54, 1.807) is 0 Å². The zero-order chi connectivity index (χ0) is 19.2. The first-order valence-electron chi connectivity index (χ1n) is 6.84. The molecule has 12 heteroatoms. The van der Waals surface area contributed by atoms with Crippen LogP contribution in [0.4, 0.5) is 22.0 Å². The number of phosphoric acid groups is 1. The largest absolute Gasteiger partial charge is 0.469 e. The number of hydrogen-bond acceptors (Lipinski definition) is 4. The van der Waals surface area contributed by atoms with Crippen molar-refractivity contribution in [3.05, 3.63) is 0 Å². The van der Waals surface area contributed by atoms with E-state index in [0.29, 0.717) is 0 Å². The highest BCUT2D eigenvalue weighted by Crippen LogP contribution is 2.42. The minimum atomic E-state index is -5.89. The van der Waals surface area contributed by atoms with Gasteiger partial charge in [0.05, 0.1) is 0 Å². The van der Waals surface area contributed by atoms with Crippen LogP contribution in [-0.2, 0) is 9.09 Å². The van der Waals surface area contributed by atoms with Crippen LogP contribution in [0.3, 0.4) is 0 Å². The summed E-state index contributed by atoms with van der Waals surface area (Å²) in [5.74, 6) is -5.27. The molecule has 0 unspecified atom stereocenters. The molecule has 0 radical (unpaired) electrons. The second-order valence-corrected chi connectivity index (χ2v) is 5.12. The van der Waals surface area contributed by atoms with E-state index in [2.05, 4.69) is 42.9 Å². The third-order valence-corrected chi connectivity index (χ3v) is 2.29. The average molecular weight is 376 g/mol. The van der Waals surface area contributed by atoms with Gasteiger partial charge < -0.3 is 20.4 Å². The van der Waals surface area contributed by atoms with E-state index >= 15 is 0 Å². The van der Waals surface area contributed by atoms with Gasteiger partial charge in [-0.15, -0.1) is 0 Å². The Labute approximate surface area is 133 Å². The number of phosphoric ester groups is 1. The fraction of sp³-hybridized carbons (Fsp3) is 1.00. The highest BCUT2D eigenvalue weighted by Gasteiger charge is 2.58. The SMILES string of the molecule is CCNCC.CCNCC.O=P(O)(O)OCC(F)(F)C(F)(F)F. The second-order valence-electron chi connectivity index (χ2n) is 3.88. The van der Waals surface area contributed by atoms with E-state index in [-0.39, 0.29) is 0 Å². The quantitative estimate of drug-likeness (QED) is 0.403. The number of hydrogen-bond donors (Lipinski definition) is 4. The summed E-state index contributed by atoms with van der Waals surface area (Å²) in [6.07, 6.45) is -5.89. The minimum absolute atomic E-state index is 1.09. The summed E-state index contributed by atoms with van der Waals surface area (Å²) >= 11 is 0. The summed E-state index contributed by atoms with van der Waals surface area (Å²) in [6, 6.07) is 0. The third-order valence-electron chi connectivity index (χ3n) is 1.83. The van der Waals surface area contributed by atoms with Crippen LogP contribution in [0.5, 0.6) is 0 Å². The number of nitrogens with one attached hydrogen (secondary N) is 2. The molecule has 0 saturated heterocycles. The molecular weight excluding hydrogens is 350 g/mol. The van der Waals surface area contributed by atoms with Crippen LogP contribution < -0.4 is 10.6 Å². The monoisotopic (exact) mass is 376 g/mol.